The Kier molecular flexibility index (Phi) is 5.36. The van der Waals surface area contributed by atoms with Crippen molar-refractivity contribution >= 4 is 17.2 Å². The highest BCUT2D eigenvalue weighted by molar-refractivity contribution is 7.13. The minimum Gasteiger partial charge on any atom is -0.383 e. The number of aryl methyl sites for hydroxylation is 1. The van der Waals surface area contributed by atoms with Gasteiger partial charge in [-0.05, 0) is 38.4 Å². The van der Waals surface area contributed by atoms with E-state index >= 15 is 0 Å². The molecule has 1 aromatic heterocycles. The van der Waals surface area contributed by atoms with Gasteiger partial charge in [0.1, 0.15) is 0 Å². The third-order valence-electron chi connectivity index (χ3n) is 3.41. The monoisotopic (exact) mass is 282 g/mol. The zero-order valence-electron chi connectivity index (χ0n) is 11.6. The molecule has 1 aliphatic heterocycles. The molecule has 1 N–H and O–H groups in total. The normalized spacial score (nSPS) is 18.7. The summed E-state index contributed by atoms with van der Waals surface area (Å²) in [6.07, 6.45) is 2.36. The summed E-state index contributed by atoms with van der Waals surface area (Å²) in [4.78, 5) is 16.4. The minimum atomic E-state index is 0.129. The number of ether oxygens (including phenoxy) is 1. The van der Waals surface area contributed by atoms with Crippen molar-refractivity contribution < 1.29 is 9.53 Å². The van der Waals surface area contributed by atoms with E-state index in [4.69, 9.17) is 4.74 Å². The predicted octanol–water partition coefficient (Wildman–Crippen LogP) is 1.90. The number of hydrogen-bond donors (Lipinski definition) is 1. The molecule has 106 valence electrons. The van der Waals surface area contributed by atoms with Crippen LogP contribution in [0.2, 0.25) is 0 Å². The molecule has 1 atom stereocenters. The molecule has 4 nitrogen and oxygen atoms in total. The zero-order chi connectivity index (χ0) is 13.7. The Morgan fingerprint density at radius 3 is 3.00 bits per heavy atom. The number of amides is 1. The van der Waals surface area contributed by atoms with Crippen LogP contribution in [0.15, 0.2) is 12.1 Å². The third-order valence-corrected chi connectivity index (χ3v) is 4.40. The van der Waals surface area contributed by atoms with E-state index in [1.807, 2.05) is 24.0 Å². The molecular formula is C14H22N2O2S. The number of thiophene rings is 1. The number of carbonyl (C=O) groups excluding carboxylic acids is 1. The fraction of sp³-hybridized carbons (Fsp3) is 0.643. The fourth-order valence-corrected chi connectivity index (χ4v) is 3.20. The van der Waals surface area contributed by atoms with Crippen LogP contribution >= 0.6 is 11.3 Å². The molecule has 1 fully saturated rings. The Morgan fingerprint density at radius 2 is 2.42 bits per heavy atom. The van der Waals surface area contributed by atoms with Crippen molar-refractivity contribution in [2.75, 3.05) is 33.4 Å². The maximum Gasteiger partial charge on any atom is 0.264 e. The number of nitrogens with one attached hydrogen (secondary N) is 1. The summed E-state index contributed by atoms with van der Waals surface area (Å²) in [6, 6.07) is 4.35. The summed E-state index contributed by atoms with van der Waals surface area (Å²) in [6.45, 7) is 5.11. The maximum absolute atomic E-state index is 12.5. The van der Waals surface area contributed by atoms with E-state index < -0.39 is 0 Å². The maximum atomic E-state index is 12.5. The first-order valence-electron chi connectivity index (χ1n) is 6.78. The Morgan fingerprint density at radius 1 is 1.58 bits per heavy atom. The minimum absolute atomic E-state index is 0.129. The van der Waals surface area contributed by atoms with Gasteiger partial charge in [-0.3, -0.25) is 4.79 Å². The van der Waals surface area contributed by atoms with Crippen LogP contribution in [0.3, 0.4) is 0 Å². The molecule has 0 aromatic carbocycles. The van der Waals surface area contributed by atoms with E-state index in [1.54, 1.807) is 18.4 Å². The van der Waals surface area contributed by atoms with Crippen molar-refractivity contribution in [1.82, 2.24) is 10.2 Å². The van der Waals surface area contributed by atoms with Crippen LogP contribution in [0.4, 0.5) is 0 Å². The van der Waals surface area contributed by atoms with E-state index in [1.165, 1.54) is 11.3 Å². The van der Waals surface area contributed by atoms with Crippen molar-refractivity contribution in [2.24, 2.45) is 0 Å². The lowest BCUT2D eigenvalue weighted by molar-refractivity contribution is 0.0684. The van der Waals surface area contributed by atoms with Crippen molar-refractivity contribution in [3.05, 3.63) is 21.9 Å². The first-order valence-corrected chi connectivity index (χ1v) is 7.60. The molecule has 19 heavy (non-hydrogen) atoms. The molecule has 2 rings (SSSR count). The largest absolute Gasteiger partial charge is 0.383 e. The Bertz CT molecular complexity index is 413. The van der Waals surface area contributed by atoms with E-state index in [-0.39, 0.29) is 5.91 Å². The average Bonchev–Trinajstić information content (AvgIpc) is 3.05. The van der Waals surface area contributed by atoms with Crippen LogP contribution in [-0.4, -0.2) is 50.2 Å². The van der Waals surface area contributed by atoms with Gasteiger partial charge in [-0.2, -0.15) is 0 Å². The summed E-state index contributed by atoms with van der Waals surface area (Å²) in [5.74, 6) is 0.129. The Balaban J connectivity index is 2.00. The number of methoxy groups -OCH3 is 1. The number of nitrogens with zero attached hydrogens (tertiary/aromatic N) is 1. The van der Waals surface area contributed by atoms with Gasteiger partial charge in [-0.1, -0.05) is 0 Å². The van der Waals surface area contributed by atoms with Crippen molar-refractivity contribution in [3.8, 4) is 0 Å². The van der Waals surface area contributed by atoms with Crippen LogP contribution in [0.1, 0.15) is 27.4 Å². The second-order valence-electron chi connectivity index (χ2n) is 4.95. The highest BCUT2D eigenvalue weighted by atomic mass is 32.1. The van der Waals surface area contributed by atoms with E-state index in [0.717, 1.165) is 24.4 Å². The number of hydrogen-bond acceptors (Lipinski definition) is 4. The first-order chi connectivity index (χ1) is 9.20. The Labute approximate surface area is 118 Å². The van der Waals surface area contributed by atoms with Gasteiger partial charge in [0.15, 0.2) is 0 Å². The van der Waals surface area contributed by atoms with Gasteiger partial charge >= 0.3 is 0 Å². The molecule has 5 heteroatoms. The predicted molar refractivity (Wildman–Crippen MR) is 77.9 cm³/mol. The van der Waals surface area contributed by atoms with Gasteiger partial charge < -0.3 is 15.0 Å². The summed E-state index contributed by atoms with van der Waals surface area (Å²) < 4.78 is 5.12. The second-order valence-corrected chi connectivity index (χ2v) is 6.24. The van der Waals surface area contributed by atoms with Gasteiger partial charge in [0.25, 0.3) is 5.91 Å². The third kappa shape index (κ3) is 4.03. The molecule has 1 aliphatic rings. The lowest BCUT2D eigenvalue weighted by Gasteiger charge is -2.25. The smallest absolute Gasteiger partial charge is 0.264 e. The summed E-state index contributed by atoms with van der Waals surface area (Å²) in [5.41, 5.74) is 0. The topological polar surface area (TPSA) is 41.6 Å². The van der Waals surface area contributed by atoms with Crippen LogP contribution < -0.4 is 5.32 Å². The van der Waals surface area contributed by atoms with Crippen LogP contribution in [0, 0.1) is 6.92 Å². The molecule has 0 saturated carbocycles. The summed E-state index contributed by atoms with van der Waals surface area (Å²) in [5, 5.41) is 3.44. The van der Waals surface area contributed by atoms with Crippen molar-refractivity contribution in [3.63, 3.8) is 0 Å². The van der Waals surface area contributed by atoms with Gasteiger partial charge in [0.05, 0.1) is 11.5 Å². The molecular weight excluding hydrogens is 260 g/mol. The lowest BCUT2D eigenvalue weighted by Crippen LogP contribution is -2.42. The van der Waals surface area contributed by atoms with Gasteiger partial charge in [-0.25, -0.2) is 0 Å². The second kappa shape index (κ2) is 7.03. The van der Waals surface area contributed by atoms with Crippen molar-refractivity contribution in [1.29, 1.82) is 0 Å². The highest BCUT2D eigenvalue weighted by Crippen LogP contribution is 2.18. The molecule has 0 spiro atoms. The molecule has 1 saturated heterocycles. The first kappa shape index (κ1) is 14.5. The van der Waals surface area contributed by atoms with Crippen molar-refractivity contribution in [2.45, 2.75) is 25.8 Å². The SMILES string of the molecule is COCCN(CC1CCCN1)C(=O)c1ccc(C)s1. The zero-order valence-corrected chi connectivity index (χ0v) is 12.5. The molecule has 1 aromatic rings. The Hall–Kier alpha value is -0.910. The summed E-state index contributed by atoms with van der Waals surface area (Å²) in [7, 11) is 1.67. The number of rotatable bonds is 6. The standard InChI is InChI=1S/C14H22N2O2S/c1-11-5-6-13(19-11)14(17)16(8-9-18-2)10-12-4-3-7-15-12/h5-6,12,15H,3-4,7-10H2,1-2H3. The van der Waals surface area contributed by atoms with Gasteiger partial charge in [-0.15, -0.1) is 11.3 Å². The summed E-state index contributed by atoms with van der Waals surface area (Å²) >= 11 is 1.56. The molecule has 0 aliphatic carbocycles. The average molecular weight is 282 g/mol. The fourth-order valence-electron chi connectivity index (χ4n) is 2.36. The number of carbonyl (C=O) groups is 1. The van der Waals surface area contributed by atoms with Crippen LogP contribution in [-0.2, 0) is 4.74 Å². The quantitative estimate of drug-likeness (QED) is 0.866. The van der Waals surface area contributed by atoms with E-state index in [2.05, 4.69) is 5.32 Å². The van der Waals surface area contributed by atoms with Crippen LogP contribution in [0.5, 0.6) is 0 Å². The molecule has 1 amide bonds. The molecule has 1 unspecified atom stereocenters. The molecule has 0 radical (unpaired) electrons. The van der Waals surface area contributed by atoms with Crippen LogP contribution in [0.25, 0.3) is 0 Å². The molecule has 0 bridgehead atoms. The van der Waals surface area contributed by atoms with E-state index in [9.17, 15) is 4.79 Å². The van der Waals surface area contributed by atoms with Gasteiger partial charge in [0, 0.05) is 31.1 Å². The van der Waals surface area contributed by atoms with E-state index in [0.29, 0.717) is 19.2 Å². The lowest BCUT2D eigenvalue weighted by atomic mass is 10.2. The van der Waals surface area contributed by atoms with Gasteiger partial charge in [0.2, 0.25) is 0 Å². The molecule has 2 heterocycles. The highest BCUT2D eigenvalue weighted by Gasteiger charge is 2.22.